The number of alkyl halides is 3. The number of nitrogens with zero attached hydrogens (tertiary/aromatic N) is 5. The fourth-order valence-corrected chi connectivity index (χ4v) is 6.48. The lowest BCUT2D eigenvalue weighted by Crippen LogP contribution is -2.50. The van der Waals surface area contributed by atoms with Gasteiger partial charge in [-0.15, -0.1) is 0 Å². The second-order valence-electron chi connectivity index (χ2n) is 11.9. The van der Waals surface area contributed by atoms with Crippen LogP contribution in [0.15, 0.2) is 47.3 Å². The van der Waals surface area contributed by atoms with Crippen molar-refractivity contribution in [2.45, 2.75) is 46.8 Å². The third-order valence-corrected chi connectivity index (χ3v) is 8.63. The van der Waals surface area contributed by atoms with E-state index in [4.69, 9.17) is 4.74 Å². The molecule has 5 heterocycles. The molecule has 2 unspecified atom stereocenters. The van der Waals surface area contributed by atoms with Crippen LogP contribution in [0.4, 0.5) is 13.2 Å². The molecule has 2 atom stereocenters. The minimum Gasteiger partial charge on any atom is -0.500 e. The first-order valence-electron chi connectivity index (χ1n) is 15.0. The Labute approximate surface area is 260 Å². The first kappa shape index (κ1) is 32.4. The molecule has 12 heteroatoms. The lowest BCUT2D eigenvalue weighted by molar-refractivity contribution is -0.149. The van der Waals surface area contributed by atoms with Crippen LogP contribution in [0.1, 0.15) is 52.9 Å². The van der Waals surface area contributed by atoms with Crippen molar-refractivity contribution in [2.24, 2.45) is 10.9 Å². The molecule has 0 aliphatic carbocycles. The molecule has 2 amide bonds. The molecule has 45 heavy (non-hydrogen) atoms. The number of halogens is 3. The molecule has 3 aromatic heterocycles. The van der Waals surface area contributed by atoms with Gasteiger partial charge < -0.3 is 14.5 Å². The Morgan fingerprint density at radius 3 is 2.38 bits per heavy atom. The van der Waals surface area contributed by atoms with Gasteiger partial charge in [0.1, 0.15) is 11.7 Å². The summed E-state index contributed by atoms with van der Waals surface area (Å²) >= 11 is 0. The number of aromatic nitrogens is 2. The maximum absolute atomic E-state index is 13.9. The number of pyridine rings is 2. The van der Waals surface area contributed by atoms with Crippen molar-refractivity contribution in [3.63, 3.8) is 0 Å². The maximum atomic E-state index is 13.9. The Morgan fingerprint density at radius 1 is 1.09 bits per heavy atom. The van der Waals surface area contributed by atoms with Gasteiger partial charge >= 0.3 is 6.18 Å². The number of carbonyl (C=O) groups is 2. The number of nitrogens with one attached hydrogen (secondary N) is 1. The van der Waals surface area contributed by atoms with Gasteiger partial charge in [0.2, 0.25) is 0 Å². The molecule has 0 bridgehead atoms. The molecule has 9 nitrogen and oxygen atoms in total. The summed E-state index contributed by atoms with van der Waals surface area (Å²) in [6.07, 6.45) is -0.571. The molecule has 0 saturated carbocycles. The van der Waals surface area contributed by atoms with E-state index in [1.807, 2.05) is 58.2 Å². The van der Waals surface area contributed by atoms with E-state index in [9.17, 15) is 22.8 Å². The monoisotopic (exact) mass is 624 g/mol. The highest BCUT2D eigenvalue weighted by molar-refractivity contribution is 6.06. The highest BCUT2D eigenvalue weighted by atomic mass is 19.4. The number of allylic oxidation sites excluding steroid dienone is 1. The van der Waals surface area contributed by atoms with Gasteiger partial charge in [-0.2, -0.15) is 13.2 Å². The lowest BCUT2D eigenvalue weighted by atomic mass is 9.98. The molecule has 1 N–H and O–H groups in total. The van der Waals surface area contributed by atoms with Crippen LogP contribution in [0.5, 0.6) is 0 Å². The van der Waals surface area contributed by atoms with Crippen molar-refractivity contribution in [3.05, 3.63) is 70.5 Å². The lowest BCUT2D eigenvalue weighted by Gasteiger charge is -2.39. The van der Waals surface area contributed by atoms with Crippen LogP contribution in [0, 0.1) is 26.7 Å². The molecule has 2 aliphatic rings. The van der Waals surface area contributed by atoms with Gasteiger partial charge in [0.15, 0.2) is 0 Å². The van der Waals surface area contributed by atoms with Crippen LogP contribution >= 0.6 is 0 Å². The van der Waals surface area contributed by atoms with Crippen LogP contribution < -0.4 is 5.32 Å². The van der Waals surface area contributed by atoms with Gasteiger partial charge in [-0.1, -0.05) is 0 Å². The quantitative estimate of drug-likeness (QED) is 0.378. The van der Waals surface area contributed by atoms with Gasteiger partial charge in [-0.05, 0) is 76.1 Å². The zero-order valence-electron chi connectivity index (χ0n) is 26.5. The topological polar surface area (TPSA) is 91.5 Å². The van der Waals surface area contributed by atoms with Gasteiger partial charge in [-0.3, -0.25) is 24.4 Å². The van der Waals surface area contributed by atoms with Crippen LogP contribution in [0.25, 0.3) is 16.6 Å². The Bertz CT molecular complexity index is 1660. The largest absolute Gasteiger partial charge is 0.500 e. The summed E-state index contributed by atoms with van der Waals surface area (Å²) in [5.74, 6) is -1.02. The number of ether oxygens (including phenoxy) is 1. The molecule has 1 saturated heterocycles. The van der Waals surface area contributed by atoms with Gasteiger partial charge in [0.25, 0.3) is 11.8 Å². The molecule has 0 radical (unpaired) electrons. The summed E-state index contributed by atoms with van der Waals surface area (Å²) in [6.45, 7) is 10.1. The van der Waals surface area contributed by atoms with Crippen molar-refractivity contribution < 1.29 is 27.5 Å². The molecular weight excluding hydrogens is 585 g/mol. The number of amides is 2. The minimum absolute atomic E-state index is 0.0153. The summed E-state index contributed by atoms with van der Waals surface area (Å²) in [6, 6.07) is 7.68. The minimum atomic E-state index is -4.24. The molecule has 0 aromatic carbocycles. The highest BCUT2D eigenvalue weighted by Crippen LogP contribution is 2.34. The van der Waals surface area contributed by atoms with Crippen LogP contribution in [0.2, 0.25) is 0 Å². The van der Waals surface area contributed by atoms with Crippen molar-refractivity contribution in [1.82, 2.24) is 24.5 Å². The molecule has 3 aromatic rings. The number of hydrogen-bond donors (Lipinski definition) is 1. The molecule has 1 fully saturated rings. The number of aryl methyl sites for hydroxylation is 2. The fourth-order valence-electron chi connectivity index (χ4n) is 6.48. The summed E-state index contributed by atoms with van der Waals surface area (Å²) in [7, 11) is 1.48. The zero-order chi connectivity index (χ0) is 32.6. The molecule has 2 aliphatic heterocycles. The molecule has 5 rings (SSSR count). The summed E-state index contributed by atoms with van der Waals surface area (Å²) < 4.78 is 46.6. The Balaban J connectivity index is 1.52. The maximum Gasteiger partial charge on any atom is 0.401 e. The highest BCUT2D eigenvalue weighted by Gasteiger charge is 2.34. The van der Waals surface area contributed by atoms with Crippen molar-refractivity contribution in [2.75, 3.05) is 46.4 Å². The van der Waals surface area contributed by atoms with Crippen molar-refractivity contribution >= 4 is 23.0 Å². The van der Waals surface area contributed by atoms with Crippen molar-refractivity contribution in [1.29, 1.82) is 0 Å². The van der Waals surface area contributed by atoms with Crippen molar-refractivity contribution in [3.8, 4) is 11.1 Å². The zero-order valence-corrected chi connectivity index (χ0v) is 26.5. The van der Waals surface area contributed by atoms with E-state index in [1.54, 1.807) is 13.0 Å². The number of rotatable bonds is 8. The molecule has 240 valence electrons. The van der Waals surface area contributed by atoms with Crippen LogP contribution in [0.3, 0.4) is 0 Å². The summed E-state index contributed by atoms with van der Waals surface area (Å²) in [5.41, 5.74) is 7.08. The Kier molecular flexibility index (Phi) is 9.18. The predicted octanol–water partition coefficient (Wildman–Crippen LogP) is 5.04. The normalized spacial score (nSPS) is 19.0. The number of fused-ring (bicyclic) bond motifs is 1. The van der Waals surface area contributed by atoms with E-state index in [0.717, 1.165) is 39.3 Å². The summed E-state index contributed by atoms with van der Waals surface area (Å²) in [4.78, 5) is 38.6. The van der Waals surface area contributed by atoms with Gasteiger partial charge in [0.05, 0.1) is 19.2 Å². The number of hydrogen-bond acceptors (Lipinski definition) is 6. The first-order chi connectivity index (χ1) is 21.3. The Morgan fingerprint density at radius 2 is 1.76 bits per heavy atom. The third-order valence-electron chi connectivity index (χ3n) is 8.63. The number of methoxy groups -OCH3 is 1. The smallest absolute Gasteiger partial charge is 0.401 e. The number of carbonyl (C=O) groups excluding carboxylic acids is 2. The Hall–Kier alpha value is -4.03. The van der Waals surface area contributed by atoms with Gasteiger partial charge in [-0.25, -0.2) is 4.99 Å². The van der Waals surface area contributed by atoms with E-state index in [1.165, 1.54) is 12.0 Å². The predicted molar refractivity (Wildman–Crippen MR) is 166 cm³/mol. The molecular formula is C33H39F3N6O3. The van der Waals surface area contributed by atoms with E-state index >= 15 is 0 Å². The number of aliphatic imine (C=N–C) groups is 1. The molecule has 0 spiro atoms. The first-order valence-corrected chi connectivity index (χ1v) is 15.0. The average molecular weight is 625 g/mol. The van der Waals surface area contributed by atoms with E-state index < -0.39 is 18.6 Å². The average Bonchev–Trinajstić information content (AvgIpc) is 3.38. The standard InChI is InChI=1S/C33H39F3N6O3/c1-19-13-24(14-20(2)38-19)25-7-8-42-28(25)16-26(31(43)37-17-27-29(45-6)15-21(3)39-32(27)44)22(4)30(42)23(5)41-11-9-40(10-12-41)18-33(34,35)36/h7-8,13-16,23,27H,9-12,17-18H2,1-6H3,(H,37,43). The van der Waals surface area contributed by atoms with E-state index in [-0.39, 0.29) is 24.4 Å². The summed E-state index contributed by atoms with van der Waals surface area (Å²) in [5, 5.41) is 2.93. The third kappa shape index (κ3) is 6.96. The number of piperazine rings is 1. The van der Waals surface area contributed by atoms with E-state index in [2.05, 4.69) is 24.6 Å². The van der Waals surface area contributed by atoms with Crippen LogP contribution in [-0.4, -0.2) is 89.3 Å². The van der Waals surface area contributed by atoms with E-state index in [0.29, 0.717) is 43.2 Å². The number of dihydropyridines is 1. The van der Waals surface area contributed by atoms with Gasteiger partial charge in [0, 0.05) is 78.9 Å². The second kappa shape index (κ2) is 12.8. The fraction of sp³-hybridized carbons (Fsp3) is 0.455. The van der Waals surface area contributed by atoms with Crippen LogP contribution in [-0.2, 0) is 9.53 Å². The second-order valence-corrected chi connectivity index (χ2v) is 11.9. The SMILES string of the molecule is COC1=CC(C)=NC(=O)C1CNC(=O)c1cc2c(-c3cc(C)nc(C)c3)ccn2c(C(C)N2CCN(CC(F)(F)F)CC2)c1C.